The first-order valence-corrected chi connectivity index (χ1v) is 7.60. The van der Waals surface area contributed by atoms with E-state index in [1.807, 2.05) is 4.90 Å². The zero-order chi connectivity index (χ0) is 13.7. The molecule has 0 aromatic rings. The molecule has 2 saturated heterocycles. The highest BCUT2D eigenvalue weighted by atomic mass is 16.5. The Labute approximate surface area is 116 Å². The zero-order valence-electron chi connectivity index (χ0n) is 12.2. The number of ether oxygens (including phenoxy) is 1. The fourth-order valence-electron chi connectivity index (χ4n) is 2.98. The van der Waals surface area contributed by atoms with Crippen LogP contribution in [0.1, 0.15) is 26.7 Å². The number of hydrogen-bond acceptors (Lipinski definition) is 4. The smallest absolute Gasteiger partial charge is 0.239 e. The molecule has 0 aromatic carbocycles. The Morgan fingerprint density at radius 1 is 1.37 bits per heavy atom. The third kappa shape index (κ3) is 3.91. The molecule has 0 aliphatic carbocycles. The molecule has 19 heavy (non-hydrogen) atoms. The van der Waals surface area contributed by atoms with Gasteiger partial charge in [-0.15, -0.1) is 0 Å². The highest BCUT2D eigenvalue weighted by molar-refractivity contribution is 5.82. The summed E-state index contributed by atoms with van der Waals surface area (Å²) in [7, 11) is 0. The van der Waals surface area contributed by atoms with E-state index < -0.39 is 0 Å². The summed E-state index contributed by atoms with van der Waals surface area (Å²) in [6, 6.07) is 0.0182. The fourth-order valence-corrected chi connectivity index (χ4v) is 2.98. The average Bonchev–Trinajstić information content (AvgIpc) is 2.44. The van der Waals surface area contributed by atoms with Gasteiger partial charge in [0.1, 0.15) is 0 Å². The summed E-state index contributed by atoms with van der Waals surface area (Å²) in [5, 5.41) is 3.28. The SMILES string of the molecule is CCNC1CCCN(CC2CN(CC)CCO2)C1=O. The Bertz CT molecular complexity index is 296. The normalized spacial score (nSPS) is 29.8. The summed E-state index contributed by atoms with van der Waals surface area (Å²) in [4.78, 5) is 16.7. The van der Waals surface area contributed by atoms with Crippen LogP contribution >= 0.6 is 0 Å². The van der Waals surface area contributed by atoms with E-state index in [0.29, 0.717) is 0 Å². The van der Waals surface area contributed by atoms with Gasteiger partial charge in [-0.2, -0.15) is 0 Å². The number of rotatable bonds is 5. The third-order valence-electron chi connectivity index (χ3n) is 4.08. The number of carbonyl (C=O) groups is 1. The van der Waals surface area contributed by atoms with E-state index >= 15 is 0 Å². The first-order valence-electron chi connectivity index (χ1n) is 7.60. The van der Waals surface area contributed by atoms with Gasteiger partial charge in [-0.25, -0.2) is 0 Å². The quantitative estimate of drug-likeness (QED) is 0.780. The first-order chi connectivity index (χ1) is 9.24. The van der Waals surface area contributed by atoms with Crippen molar-refractivity contribution < 1.29 is 9.53 Å². The molecule has 1 N–H and O–H groups in total. The van der Waals surface area contributed by atoms with Crippen molar-refractivity contribution in [2.24, 2.45) is 0 Å². The molecular formula is C14H27N3O2. The van der Waals surface area contributed by atoms with E-state index in [-0.39, 0.29) is 18.1 Å². The van der Waals surface area contributed by atoms with Gasteiger partial charge in [0, 0.05) is 26.2 Å². The lowest BCUT2D eigenvalue weighted by molar-refractivity contribution is -0.139. The van der Waals surface area contributed by atoms with Crippen LogP contribution in [-0.2, 0) is 9.53 Å². The van der Waals surface area contributed by atoms with Gasteiger partial charge in [0.2, 0.25) is 5.91 Å². The van der Waals surface area contributed by atoms with Gasteiger partial charge in [-0.3, -0.25) is 9.69 Å². The Morgan fingerprint density at radius 2 is 2.21 bits per heavy atom. The molecular weight excluding hydrogens is 242 g/mol. The molecule has 0 saturated carbocycles. The number of piperidine rings is 1. The Morgan fingerprint density at radius 3 is 2.95 bits per heavy atom. The van der Waals surface area contributed by atoms with E-state index in [4.69, 9.17) is 4.74 Å². The van der Waals surface area contributed by atoms with E-state index in [1.165, 1.54) is 0 Å². The highest BCUT2D eigenvalue weighted by Gasteiger charge is 2.30. The monoisotopic (exact) mass is 269 g/mol. The number of likely N-dealkylation sites (N-methyl/N-ethyl adjacent to an activating group) is 2. The molecule has 110 valence electrons. The fraction of sp³-hybridized carbons (Fsp3) is 0.929. The van der Waals surface area contributed by atoms with E-state index in [9.17, 15) is 4.79 Å². The summed E-state index contributed by atoms with van der Waals surface area (Å²) in [6.45, 7) is 10.5. The minimum Gasteiger partial charge on any atom is -0.374 e. The lowest BCUT2D eigenvalue weighted by atomic mass is 10.0. The minimum atomic E-state index is 0.0182. The molecule has 2 aliphatic rings. The van der Waals surface area contributed by atoms with Crippen LogP contribution in [0, 0.1) is 0 Å². The summed E-state index contributed by atoms with van der Waals surface area (Å²) in [6.07, 6.45) is 2.24. The number of nitrogens with one attached hydrogen (secondary N) is 1. The summed E-state index contributed by atoms with van der Waals surface area (Å²) < 4.78 is 5.80. The molecule has 0 spiro atoms. The van der Waals surface area contributed by atoms with Crippen molar-refractivity contribution in [1.82, 2.24) is 15.1 Å². The molecule has 0 radical (unpaired) electrons. The van der Waals surface area contributed by atoms with Crippen molar-refractivity contribution in [3.05, 3.63) is 0 Å². The van der Waals surface area contributed by atoms with Crippen LogP contribution in [0.5, 0.6) is 0 Å². The Kier molecular flexibility index (Phi) is 5.60. The molecule has 0 bridgehead atoms. The van der Waals surface area contributed by atoms with Gasteiger partial charge in [-0.05, 0) is 25.9 Å². The zero-order valence-corrected chi connectivity index (χ0v) is 12.2. The van der Waals surface area contributed by atoms with Gasteiger partial charge >= 0.3 is 0 Å². The highest BCUT2D eigenvalue weighted by Crippen LogP contribution is 2.14. The Balaban J connectivity index is 1.85. The average molecular weight is 269 g/mol. The van der Waals surface area contributed by atoms with Crippen LogP contribution in [0.2, 0.25) is 0 Å². The first kappa shape index (κ1) is 14.8. The molecule has 2 atom stereocenters. The summed E-state index contributed by atoms with van der Waals surface area (Å²) in [5.74, 6) is 0.255. The standard InChI is InChI=1S/C14H27N3O2/c1-3-15-13-6-5-7-17(14(13)18)11-12-10-16(4-2)8-9-19-12/h12-13,15H,3-11H2,1-2H3. The molecule has 2 rings (SSSR count). The van der Waals surface area contributed by atoms with Gasteiger partial charge < -0.3 is 15.0 Å². The lowest BCUT2D eigenvalue weighted by Gasteiger charge is -2.38. The molecule has 1 amide bonds. The second-order valence-corrected chi connectivity index (χ2v) is 5.42. The van der Waals surface area contributed by atoms with Crippen LogP contribution < -0.4 is 5.32 Å². The second-order valence-electron chi connectivity index (χ2n) is 5.42. The van der Waals surface area contributed by atoms with Gasteiger partial charge in [-0.1, -0.05) is 13.8 Å². The second kappa shape index (κ2) is 7.22. The minimum absolute atomic E-state index is 0.0182. The van der Waals surface area contributed by atoms with Crippen LogP contribution in [0.15, 0.2) is 0 Å². The number of amides is 1. The number of morpholine rings is 1. The molecule has 2 heterocycles. The number of likely N-dealkylation sites (tertiary alicyclic amines) is 1. The van der Waals surface area contributed by atoms with E-state index in [1.54, 1.807) is 0 Å². The molecule has 5 nitrogen and oxygen atoms in total. The predicted octanol–water partition coefficient (Wildman–Crippen LogP) is 0.308. The van der Waals surface area contributed by atoms with Crippen molar-refractivity contribution in [3.63, 3.8) is 0 Å². The third-order valence-corrected chi connectivity index (χ3v) is 4.08. The van der Waals surface area contributed by atoms with Gasteiger partial charge in [0.25, 0.3) is 0 Å². The van der Waals surface area contributed by atoms with E-state index in [2.05, 4.69) is 24.1 Å². The Hall–Kier alpha value is -0.650. The largest absolute Gasteiger partial charge is 0.374 e. The predicted molar refractivity (Wildman–Crippen MR) is 75.1 cm³/mol. The van der Waals surface area contributed by atoms with Crippen molar-refractivity contribution in [1.29, 1.82) is 0 Å². The number of carbonyl (C=O) groups excluding carboxylic acids is 1. The maximum Gasteiger partial charge on any atom is 0.239 e. The van der Waals surface area contributed by atoms with Gasteiger partial charge in [0.05, 0.1) is 18.8 Å². The van der Waals surface area contributed by atoms with Crippen LogP contribution in [0.25, 0.3) is 0 Å². The molecule has 0 aromatic heterocycles. The van der Waals surface area contributed by atoms with Crippen molar-refractivity contribution in [3.8, 4) is 0 Å². The summed E-state index contributed by atoms with van der Waals surface area (Å²) in [5.41, 5.74) is 0. The summed E-state index contributed by atoms with van der Waals surface area (Å²) >= 11 is 0. The van der Waals surface area contributed by atoms with Crippen molar-refractivity contribution in [2.75, 3.05) is 45.9 Å². The number of nitrogens with zero attached hydrogens (tertiary/aromatic N) is 2. The topological polar surface area (TPSA) is 44.8 Å². The van der Waals surface area contributed by atoms with Crippen LogP contribution in [0.3, 0.4) is 0 Å². The number of hydrogen-bond donors (Lipinski definition) is 1. The van der Waals surface area contributed by atoms with E-state index in [0.717, 1.165) is 58.7 Å². The maximum atomic E-state index is 12.3. The molecule has 5 heteroatoms. The maximum absolute atomic E-state index is 12.3. The van der Waals surface area contributed by atoms with Gasteiger partial charge in [0.15, 0.2) is 0 Å². The van der Waals surface area contributed by atoms with Crippen molar-refractivity contribution >= 4 is 5.91 Å². The molecule has 2 aliphatic heterocycles. The lowest BCUT2D eigenvalue weighted by Crippen LogP contribution is -2.55. The molecule has 2 unspecified atom stereocenters. The van der Waals surface area contributed by atoms with Crippen molar-refractivity contribution in [2.45, 2.75) is 38.8 Å². The van der Waals surface area contributed by atoms with Crippen LogP contribution in [-0.4, -0.2) is 73.7 Å². The van der Waals surface area contributed by atoms with Crippen LogP contribution in [0.4, 0.5) is 0 Å². The molecule has 2 fully saturated rings.